The fraction of sp³-hybridized carbons (Fsp3) is 0.636. The number of ether oxygens (including phenoxy) is 1. The number of sulfonamides is 1. The van der Waals surface area contributed by atoms with E-state index in [4.69, 9.17) is 4.74 Å². The highest BCUT2D eigenvalue weighted by molar-refractivity contribution is 7.89. The van der Waals surface area contributed by atoms with E-state index in [2.05, 4.69) is 0 Å². The van der Waals surface area contributed by atoms with Gasteiger partial charge in [-0.05, 0) is 31.4 Å². The number of likely N-dealkylation sites (tertiary alicyclic amines) is 1. The maximum absolute atomic E-state index is 13.6. The number of rotatable bonds is 3. The summed E-state index contributed by atoms with van der Waals surface area (Å²) in [4.78, 5) is 28.9. The summed E-state index contributed by atoms with van der Waals surface area (Å²) >= 11 is 0. The zero-order valence-electron chi connectivity index (χ0n) is 18.2. The summed E-state index contributed by atoms with van der Waals surface area (Å²) < 4.78 is 34.7. The predicted molar refractivity (Wildman–Crippen MR) is 115 cm³/mol. The minimum Gasteiger partial charge on any atom is -0.487 e. The third kappa shape index (κ3) is 4.30. The first-order chi connectivity index (χ1) is 14.8. The molecule has 2 fully saturated rings. The van der Waals surface area contributed by atoms with Crippen LogP contribution in [0, 0.1) is 5.92 Å². The van der Waals surface area contributed by atoms with Gasteiger partial charge in [0, 0.05) is 39.5 Å². The van der Waals surface area contributed by atoms with E-state index in [1.807, 2.05) is 4.90 Å². The molecule has 2 aliphatic heterocycles. The molecule has 2 atom stereocenters. The molecule has 1 aromatic carbocycles. The summed E-state index contributed by atoms with van der Waals surface area (Å²) in [5, 5.41) is 0. The van der Waals surface area contributed by atoms with Crippen LogP contribution in [0.5, 0.6) is 5.75 Å². The molecule has 0 bridgehead atoms. The van der Waals surface area contributed by atoms with E-state index in [0.29, 0.717) is 31.7 Å². The summed E-state index contributed by atoms with van der Waals surface area (Å²) in [5.41, 5.74) is 0. The monoisotopic (exact) mass is 449 g/mol. The SMILES string of the molecule is CN(C)C(=O)CN1[C@@H]2CCN(C(=O)C3CCCC3)CC[C@H]2Oc2ccccc2S1(=O)=O. The van der Waals surface area contributed by atoms with Crippen LogP contribution < -0.4 is 4.74 Å². The zero-order chi connectivity index (χ0) is 22.2. The molecule has 31 heavy (non-hydrogen) atoms. The van der Waals surface area contributed by atoms with Crippen molar-refractivity contribution in [2.24, 2.45) is 5.92 Å². The summed E-state index contributed by atoms with van der Waals surface area (Å²) in [6.45, 7) is 0.761. The van der Waals surface area contributed by atoms with E-state index in [9.17, 15) is 18.0 Å². The van der Waals surface area contributed by atoms with Gasteiger partial charge in [0.15, 0.2) is 0 Å². The Balaban J connectivity index is 1.66. The molecule has 1 saturated heterocycles. The number of carbonyl (C=O) groups excluding carboxylic acids is 2. The molecule has 8 nitrogen and oxygen atoms in total. The lowest BCUT2D eigenvalue weighted by atomic mass is 10.1. The summed E-state index contributed by atoms with van der Waals surface area (Å²) in [6.07, 6.45) is 4.60. The van der Waals surface area contributed by atoms with Crippen molar-refractivity contribution in [1.29, 1.82) is 0 Å². The highest BCUT2D eigenvalue weighted by Crippen LogP contribution is 2.37. The molecule has 1 saturated carbocycles. The van der Waals surface area contributed by atoms with Gasteiger partial charge in [-0.2, -0.15) is 4.31 Å². The van der Waals surface area contributed by atoms with Crippen molar-refractivity contribution in [3.8, 4) is 5.75 Å². The number of hydrogen-bond acceptors (Lipinski definition) is 5. The van der Waals surface area contributed by atoms with E-state index in [-0.39, 0.29) is 29.2 Å². The fourth-order valence-corrected chi connectivity index (χ4v) is 6.64. The molecule has 9 heteroatoms. The van der Waals surface area contributed by atoms with Crippen LogP contribution in [0.3, 0.4) is 0 Å². The first-order valence-electron chi connectivity index (χ1n) is 11.1. The van der Waals surface area contributed by atoms with Crippen LogP contribution in [0.2, 0.25) is 0 Å². The molecule has 0 N–H and O–H groups in total. The normalized spacial score (nSPS) is 26.2. The van der Waals surface area contributed by atoms with Gasteiger partial charge < -0.3 is 14.5 Å². The van der Waals surface area contributed by atoms with Crippen LogP contribution in [0.4, 0.5) is 0 Å². The largest absolute Gasteiger partial charge is 0.487 e. The Bertz CT molecular complexity index is 942. The van der Waals surface area contributed by atoms with Gasteiger partial charge in [-0.1, -0.05) is 25.0 Å². The summed E-state index contributed by atoms with van der Waals surface area (Å²) in [5.74, 6) is 0.283. The number of amides is 2. The van der Waals surface area contributed by atoms with Gasteiger partial charge in [-0.25, -0.2) is 8.42 Å². The topological polar surface area (TPSA) is 87.2 Å². The fourth-order valence-electron chi connectivity index (χ4n) is 4.88. The average molecular weight is 450 g/mol. The van der Waals surface area contributed by atoms with Crippen molar-refractivity contribution >= 4 is 21.8 Å². The van der Waals surface area contributed by atoms with Crippen LogP contribution in [-0.4, -0.2) is 80.2 Å². The Morgan fingerprint density at radius 2 is 1.74 bits per heavy atom. The van der Waals surface area contributed by atoms with E-state index >= 15 is 0 Å². The van der Waals surface area contributed by atoms with Gasteiger partial charge in [0.05, 0.1) is 12.6 Å². The Morgan fingerprint density at radius 1 is 1.06 bits per heavy atom. The maximum Gasteiger partial charge on any atom is 0.247 e. The third-order valence-corrected chi connectivity index (χ3v) is 8.61. The number of carbonyl (C=O) groups is 2. The number of para-hydroxylation sites is 1. The molecule has 0 aromatic heterocycles. The first kappa shape index (κ1) is 22.1. The van der Waals surface area contributed by atoms with Crippen LogP contribution >= 0.6 is 0 Å². The van der Waals surface area contributed by atoms with E-state index in [0.717, 1.165) is 25.7 Å². The van der Waals surface area contributed by atoms with Gasteiger partial charge >= 0.3 is 0 Å². The molecule has 0 unspecified atom stereocenters. The molecule has 1 aromatic rings. The first-order valence-corrected chi connectivity index (χ1v) is 12.5. The van der Waals surface area contributed by atoms with Gasteiger partial charge in [-0.3, -0.25) is 9.59 Å². The molecule has 2 amide bonds. The highest BCUT2D eigenvalue weighted by Gasteiger charge is 2.45. The van der Waals surface area contributed by atoms with Crippen molar-refractivity contribution in [2.45, 2.75) is 55.6 Å². The Morgan fingerprint density at radius 3 is 2.45 bits per heavy atom. The van der Waals surface area contributed by atoms with Crippen LogP contribution in [0.25, 0.3) is 0 Å². The molecule has 2 heterocycles. The molecule has 4 rings (SSSR count). The second-order valence-corrected chi connectivity index (χ2v) is 10.8. The lowest BCUT2D eigenvalue weighted by Crippen LogP contribution is -2.50. The second kappa shape index (κ2) is 8.78. The van der Waals surface area contributed by atoms with E-state index < -0.39 is 22.2 Å². The number of likely N-dealkylation sites (N-methyl/N-ethyl adjacent to an activating group) is 1. The van der Waals surface area contributed by atoms with Crippen LogP contribution in [0.1, 0.15) is 38.5 Å². The van der Waals surface area contributed by atoms with Gasteiger partial charge in [0.1, 0.15) is 16.7 Å². The smallest absolute Gasteiger partial charge is 0.247 e. The highest BCUT2D eigenvalue weighted by atomic mass is 32.2. The molecular weight excluding hydrogens is 418 g/mol. The minimum absolute atomic E-state index is 0.0831. The molecule has 0 spiro atoms. The summed E-state index contributed by atoms with van der Waals surface area (Å²) in [6, 6.07) is 6.08. The summed E-state index contributed by atoms with van der Waals surface area (Å²) in [7, 11) is -0.701. The van der Waals surface area contributed by atoms with Crippen molar-refractivity contribution < 1.29 is 22.7 Å². The molecule has 1 aliphatic carbocycles. The number of benzene rings is 1. The predicted octanol–water partition coefficient (Wildman–Crippen LogP) is 1.71. The molecular formula is C22H31N3O5S. The standard InChI is InChI=1S/C22H31N3O5S/c1-23(2)21(26)15-25-17-11-13-24(22(27)16-7-3-4-8-16)14-12-18(17)30-19-9-5-6-10-20(19)31(25,28)29/h5-6,9-10,16-18H,3-4,7-8,11-15H2,1-2H3/t17-,18-/m1/s1. The lowest BCUT2D eigenvalue weighted by molar-refractivity contribution is -0.135. The average Bonchev–Trinajstić information content (AvgIpc) is 3.18. The maximum atomic E-state index is 13.6. The van der Waals surface area contributed by atoms with Crippen molar-refractivity contribution in [3.05, 3.63) is 24.3 Å². The van der Waals surface area contributed by atoms with E-state index in [1.54, 1.807) is 32.3 Å². The number of nitrogens with zero attached hydrogens (tertiary/aromatic N) is 3. The van der Waals surface area contributed by atoms with Crippen molar-refractivity contribution in [2.75, 3.05) is 33.7 Å². The Kier molecular flexibility index (Phi) is 6.25. The zero-order valence-corrected chi connectivity index (χ0v) is 19.0. The third-order valence-electron chi connectivity index (χ3n) is 6.70. The molecule has 3 aliphatic rings. The number of hydrogen-bond donors (Lipinski definition) is 0. The van der Waals surface area contributed by atoms with Gasteiger partial charge in [-0.15, -0.1) is 0 Å². The quantitative estimate of drug-likeness (QED) is 0.701. The van der Waals surface area contributed by atoms with Gasteiger partial charge in [0.2, 0.25) is 21.8 Å². The van der Waals surface area contributed by atoms with Gasteiger partial charge in [0.25, 0.3) is 0 Å². The Labute approximate surface area is 184 Å². The van der Waals surface area contributed by atoms with E-state index in [1.165, 1.54) is 15.3 Å². The van der Waals surface area contributed by atoms with Crippen LogP contribution in [-0.2, 0) is 19.6 Å². The molecule has 0 radical (unpaired) electrons. The lowest BCUT2D eigenvalue weighted by Gasteiger charge is -2.32. The second-order valence-electron chi connectivity index (χ2n) is 8.89. The minimum atomic E-state index is -3.93. The molecule has 170 valence electrons. The van der Waals surface area contributed by atoms with Crippen LogP contribution in [0.15, 0.2) is 29.2 Å². The van der Waals surface area contributed by atoms with Crippen molar-refractivity contribution in [3.63, 3.8) is 0 Å². The Hall–Kier alpha value is -2.13. The van der Waals surface area contributed by atoms with Crippen molar-refractivity contribution in [1.82, 2.24) is 14.1 Å². The number of fused-ring (bicyclic) bond motifs is 2.